The summed E-state index contributed by atoms with van der Waals surface area (Å²) in [7, 11) is 0. The van der Waals surface area contributed by atoms with E-state index in [1.165, 1.54) is 18.1 Å². The number of carbonyl (C=O) groups is 2. The van der Waals surface area contributed by atoms with Crippen molar-refractivity contribution in [2.24, 2.45) is 0 Å². The summed E-state index contributed by atoms with van der Waals surface area (Å²) in [5.74, 6) is -0.0686. The molecule has 0 spiro atoms. The highest BCUT2D eigenvalue weighted by Gasteiger charge is 2.22. The van der Waals surface area contributed by atoms with Gasteiger partial charge in [0.15, 0.2) is 0 Å². The Morgan fingerprint density at radius 1 is 0.871 bits per heavy atom. The van der Waals surface area contributed by atoms with E-state index in [0.717, 1.165) is 12.0 Å². The molecule has 5 heteroatoms. The summed E-state index contributed by atoms with van der Waals surface area (Å²) in [6.07, 6.45) is 4.01. The van der Waals surface area contributed by atoms with Crippen LogP contribution >= 0.6 is 0 Å². The molecule has 1 heterocycles. The maximum atomic E-state index is 13.2. The number of benzene rings is 2. The van der Waals surface area contributed by atoms with Crippen LogP contribution in [0, 0.1) is 0 Å². The molecule has 162 valence electrons. The Balaban J connectivity index is 1.66. The van der Waals surface area contributed by atoms with Crippen LogP contribution in [0.3, 0.4) is 0 Å². The lowest BCUT2D eigenvalue weighted by Gasteiger charge is -2.28. The number of nitrogens with zero attached hydrogens (tertiary/aromatic N) is 2. The maximum Gasteiger partial charge on any atom is 0.257 e. The average molecular weight is 419 g/mol. The first kappa shape index (κ1) is 22.3. The van der Waals surface area contributed by atoms with Crippen molar-refractivity contribution in [3.8, 4) is 0 Å². The zero-order valence-corrected chi connectivity index (χ0v) is 18.2. The van der Waals surface area contributed by atoms with Gasteiger partial charge in [0, 0.05) is 32.1 Å². The Morgan fingerprint density at radius 2 is 1.52 bits per heavy atom. The molecule has 0 N–H and O–H groups in total. The van der Waals surface area contributed by atoms with Crippen molar-refractivity contribution in [2.75, 3.05) is 13.1 Å². The summed E-state index contributed by atoms with van der Waals surface area (Å²) in [4.78, 5) is 29.6. The molecule has 0 bridgehead atoms. The van der Waals surface area contributed by atoms with Gasteiger partial charge in [-0.3, -0.25) is 9.59 Å². The van der Waals surface area contributed by atoms with Crippen LogP contribution in [0.4, 0.5) is 0 Å². The number of amides is 2. The summed E-state index contributed by atoms with van der Waals surface area (Å²) < 4.78 is 5.05. The van der Waals surface area contributed by atoms with Crippen molar-refractivity contribution in [3.63, 3.8) is 0 Å². The monoisotopic (exact) mass is 418 g/mol. The van der Waals surface area contributed by atoms with Crippen molar-refractivity contribution < 1.29 is 14.0 Å². The van der Waals surface area contributed by atoms with E-state index in [9.17, 15) is 9.59 Å². The third kappa shape index (κ3) is 6.57. The van der Waals surface area contributed by atoms with E-state index < -0.39 is 0 Å². The Kier molecular flexibility index (Phi) is 8.05. The van der Waals surface area contributed by atoms with Gasteiger partial charge in [-0.25, -0.2) is 0 Å². The second-order valence-electron chi connectivity index (χ2n) is 7.89. The van der Waals surface area contributed by atoms with Gasteiger partial charge in [-0.2, -0.15) is 0 Å². The second-order valence-corrected chi connectivity index (χ2v) is 7.89. The van der Waals surface area contributed by atoms with Gasteiger partial charge in [-0.05, 0) is 37.5 Å². The van der Waals surface area contributed by atoms with E-state index in [1.807, 2.05) is 67.3 Å². The molecule has 0 unspecified atom stereocenters. The third-order valence-corrected chi connectivity index (χ3v) is 5.30. The molecule has 3 rings (SSSR count). The fraction of sp³-hybridized carbons (Fsp3) is 0.308. The number of hydrogen-bond donors (Lipinski definition) is 0. The van der Waals surface area contributed by atoms with Crippen molar-refractivity contribution in [2.45, 2.75) is 39.3 Å². The molecule has 0 aliphatic rings. The molecule has 0 saturated heterocycles. The van der Waals surface area contributed by atoms with Gasteiger partial charge in [-0.15, -0.1) is 0 Å². The Hall–Kier alpha value is -3.34. The molecule has 2 aromatic carbocycles. The summed E-state index contributed by atoms with van der Waals surface area (Å²) in [6.45, 7) is 5.48. The Labute approximate surface area is 184 Å². The number of furan rings is 1. The van der Waals surface area contributed by atoms with Crippen LogP contribution in [0.15, 0.2) is 83.7 Å². The third-order valence-electron chi connectivity index (χ3n) is 5.30. The lowest BCUT2D eigenvalue weighted by Crippen LogP contribution is -2.41. The second kappa shape index (κ2) is 11.2. The van der Waals surface area contributed by atoms with Crippen molar-refractivity contribution in [3.05, 3.63) is 95.9 Å². The topological polar surface area (TPSA) is 53.8 Å². The molecule has 31 heavy (non-hydrogen) atoms. The SMILES string of the molecule is CC(C)N(CCC(=O)N(CCc1ccccc1)Cc1ccccc1)C(=O)c1ccoc1. The predicted octanol–water partition coefficient (Wildman–Crippen LogP) is 4.79. The van der Waals surface area contributed by atoms with Gasteiger partial charge < -0.3 is 14.2 Å². The first-order chi connectivity index (χ1) is 15.0. The lowest BCUT2D eigenvalue weighted by atomic mass is 10.1. The molecular weight excluding hydrogens is 388 g/mol. The molecule has 0 fully saturated rings. The molecule has 0 aliphatic heterocycles. The Morgan fingerprint density at radius 3 is 2.10 bits per heavy atom. The summed E-state index contributed by atoms with van der Waals surface area (Å²) in [5, 5.41) is 0. The minimum Gasteiger partial charge on any atom is -0.472 e. The first-order valence-corrected chi connectivity index (χ1v) is 10.7. The molecule has 0 atom stereocenters. The van der Waals surface area contributed by atoms with Gasteiger partial charge in [0.25, 0.3) is 5.91 Å². The lowest BCUT2D eigenvalue weighted by molar-refractivity contribution is -0.132. The molecule has 5 nitrogen and oxygen atoms in total. The van der Waals surface area contributed by atoms with Crippen LogP contribution < -0.4 is 0 Å². The highest BCUT2D eigenvalue weighted by molar-refractivity contribution is 5.94. The van der Waals surface area contributed by atoms with Gasteiger partial charge in [0.2, 0.25) is 5.91 Å². The highest BCUT2D eigenvalue weighted by Crippen LogP contribution is 2.13. The van der Waals surface area contributed by atoms with E-state index in [0.29, 0.717) is 25.2 Å². The average Bonchev–Trinajstić information content (AvgIpc) is 3.32. The molecule has 0 radical (unpaired) electrons. The number of rotatable bonds is 10. The van der Waals surface area contributed by atoms with Crippen LogP contribution in [-0.2, 0) is 17.8 Å². The molecule has 0 saturated carbocycles. The van der Waals surface area contributed by atoms with Gasteiger partial charge >= 0.3 is 0 Å². The van der Waals surface area contributed by atoms with E-state index in [-0.39, 0.29) is 24.3 Å². The fourth-order valence-electron chi connectivity index (χ4n) is 3.52. The zero-order valence-electron chi connectivity index (χ0n) is 18.2. The highest BCUT2D eigenvalue weighted by atomic mass is 16.3. The quantitative estimate of drug-likeness (QED) is 0.476. The van der Waals surface area contributed by atoms with E-state index in [1.54, 1.807) is 11.0 Å². The first-order valence-electron chi connectivity index (χ1n) is 10.7. The smallest absolute Gasteiger partial charge is 0.257 e. The largest absolute Gasteiger partial charge is 0.472 e. The van der Waals surface area contributed by atoms with E-state index >= 15 is 0 Å². The minimum absolute atomic E-state index is 0.0120. The standard InChI is InChI=1S/C26H30N2O3/c1-21(2)28(26(30)24-15-18-31-20-24)17-14-25(29)27(19-23-11-7-4-8-12-23)16-13-22-9-5-3-6-10-22/h3-12,15,18,20-21H,13-14,16-17,19H2,1-2H3. The van der Waals surface area contributed by atoms with Gasteiger partial charge in [0.05, 0.1) is 11.8 Å². The normalized spacial score (nSPS) is 10.8. The number of hydrogen-bond acceptors (Lipinski definition) is 3. The van der Waals surface area contributed by atoms with Crippen molar-refractivity contribution in [1.29, 1.82) is 0 Å². The zero-order chi connectivity index (χ0) is 22.1. The molecule has 3 aromatic rings. The molecule has 2 amide bonds. The van der Waals surface area contributed by atoms with Gasteiger partial charge in [-0.1, -0.05) is 60.7 Å². The summed E-state index contributed by atoms with van der Waals surface area (Å²) in [6, 6.07) is 21.8. The summed E-state index contributed by atoms with van der Waals surface area (Å²) >= 11 is 0. The van der Waals surface area contributed by atoms with Crippen LogP contribution in [0.1, 0.15) is 41.8 Å². The predicted molar refractivity (Wildman–Crippen MR) is 122 cm³/mol. The summed E-state index contributed by atoms with van der Waals surface area (Å²) in [5.41, 5.74) is 2.80. The Bertz CT molecular complexity index is 937. The van der Waals surface area contributed by atoms with Crippen LogP contribution in [-0.4, -0.2) is 40.7 Å². The molecular formula is C26H30N2O3. The van der Waals surface area contributed by atoms with E-state index in [4.69, 9.17) is 4.42 Å². The van der Waals surface area contributed by atoms with Gasteiger partial charge in [0.1, 0.15) is 6.26 Å². The fourth-order valence-corrected chi connectivity index (χ4v) is 3.52. The molecule has 0 aliphatic carbocycles. The van der Waals surface area contributed by atoms with Crippen LogP contribution in [0.2, 0.25) is 0 Å². The van der Waals surface area contributed by atoms with E-state index in [2.05, 4.69) is 12.1 Å². The maximum absolute atomic E-state index is 13.2. The van der Waals surface area contributed by atoms with Crippen LogP contribution in [0.25, 0.3) is 0 Å². The minimum atomic E-state index is -0.115. The van der Waals surface area contributed by atoms with Crippen molar-refractivity contribution >= 4 is 11.8 Å². The van der Waals surface area contributed by atoms with Crippen molar-refractivity contribution in [1.82, 2.24) is 9.80 Å². The molecule has 1 aromatic heterocycles. The van der Waals surface area contributed by atoms with Crippen LogP contribution in [0.5, 0.6) is 0 Å². The number of carbonyl (C=O) groups excluding carboxylic acids is 2.